The van der Waals surface area contributed by atoms with Crippen molar-refractivity contribution in [3.8, 4) is 0 Å². The van der Waals surface area contributed by atoms with E-state index in [1.165, 1.54) is 5.56 Å². The predicted molar refractivity (Wildman–Crippen MR) is 62.7 cm³/mol. The molecule has 0 fully saturated rings. The summed E-state index contributed by atoms with van der Waals surface area (Å²) in [6.45, 7) is 3.67. The van der Waals surface area contributed by atoms with Crippen LogP contribution >= 0.6 is 0 Å². The van der Waals surface area contributed by atoms with Crippen LogP contribution in [0.1, 0.15) is 18.9 Å². The molecule has 0 spiro atoms. The molecule has 15 heavy (non-hydrogen) atoms. The number of aliphatic imine (C=N–C) groups is 1. The molecule has 0 saturated carbocycles. The molecule has 3 N–H and O–H groups in total. The molecule has 1 heterocycles. The number of aromatic nitrogens is 1. The molecule has 0 bridgehead atoms. The van der Waals surface area contributed by atoms with Crippen LogP contribution in [0.15, 0.2) is 29.5 Å². The van der Waals surface area contributed by atoms with Gasteiger partial charge in [-0.3, -0.25) is 9.98 Å². The Morgan fingerprint density at radius 3 is 2.87 bits per heavy atom. The van der Waals surface area contributed by atoms with Crippen molar-refractivity contribution in [3.63, 3.8) is 0 Å². The summed E-state index contributed by atoms with van der Waals surface area (Å²) >= 11 is 0. The van der Waals surface area contributed by atoms with Gasteiger partial charge in [0.05, 0.1) is 0 Å². The van der Waals surface area contributed by atoms with Crippen molar-refractivity contribution in [1.29, 1.82) is 0 Å². The van der Waals surface area contributed by atoms with Crippen molar-refractivity contribution in [2.45, 2.75) is 19.8 Å². The van der Waals surface area contributed by atoms with E-state index in [9.17, 15) is 0 Å². The maximum atomic E-state index is 5.65. The second kappa shape index (κ2) is 6.81. The maximum Gasteiger partial charge on any atom is 0.188 e. The number of hydrogen-bond acceptors (Lipinski definition) is 2. The minimum Gasteiger partial charge on any atom is -0.370 e. The Morgan fingerprint density at radius 2 is 2.20 bits per heavy atom. The standard InChI is InChI=1S/C11H18N4/c1-2-6-14-11(12)15-9-5-10-3-7-13-8-4-10/h3-4,7-8H,2,5-6,9H2,1H3,(H3,12,14,15). The first-order chi connectivity index (χ1) is 7.33. The molecule has 0 radical (unpaired) electrons. The largest absolute Gasteiger partial charge is 0.370 e. The molecule has 82 valence electrons. The number of pyridine rings is 1. The minimum absolute atomic E-state index is 0.533. The van der Waals surface area contributed by atoms with Gasteiger partial charge in [-0.2, -0.15) is 0 Å². The van der Waals surface area contributed by atoms with Gasteiger partial charge in [-0.1, -0.05) is 6.92 Å². The number of nitrogens with one attached hydrogen (secondary N) is 1. The van der Waals surface area contributed by atoms with Gasteiger partial charge in [0.1, 0.15) is 0 Å². The van der Waals surface area contributed by atoms with E-state index in [0.717, 1.165) is 25.9 Å². The molecule has 0 aromatic carbocycles. The van der Waals surface area contributed by atoms with Crippen molar-refractivity contribution in [2.75, 3.05) is 13.1 Å². The molecule has 1 rings (SSSR count). The van der Waals surface area contributed by atoms with Gasteiger partial charge in [0, 0.05) is 25.5 Å². The van der Waals surface area contributed by atoms with Crippen LogP contribution in [0.2, 0.25) is 0 Å². The Labute approximate surface area is 90.6 Å². The zero-order valence-electron chi connectivity index (χ0n) is 9.11. The monoisotopic (exact) mass is 206 g/mol. The van der Waals surface area contributed by atoms with E-state index in [4.69, 9.17) is 5.73 Å². The third kappa shape index (κ3) is 5.00. The van der Waals surface area contributed by atoms with Gasteiger partial charge in [0.15, 0.2) is 5.96 Å². The highest BCUT2D eigenvalue weighted by Crippen LogP contribution is 1.95. The first-order valence-electron chi connectivity index (χ1n) is 5.25. The molecule has 0 aliphatic heterocycles. The quantitative estimate of drug-likeness (QED) is 0.556. The van der Waals surface area contributed by atoms with E-state index < -0.39 is 0 Å². The van der Waals surface area contributed by atoms with E-state index in [-0.39, 0.29) is 0 Å². The molecule has 1 aromatic heterocycles. The molecule has 0 saturated heterocycles. The van der Waals surface area contributed by atoms with Crippen LogP contribution < -0.4 is 11.1 Å². The lowest BCUT2D eigenvalue weighted by Gasteiger charge is -2.04. The number of nitrogens with zero attached hydrogens (tertiary/aromatic N) is 2. The highest BCUT2D eigenvalue weighted by Gasteiger charge is 1.93. The summed E-state index contributed by atoms with van der Waals surface area (Å²) in [6.07, 6.45) is 5.55. The average Bonchev–Trinajstić information content (AvgIpc) is 2.28. The van der Waals surface area contributed by atoms with Crippen molar-refractivity contribution in [1.82, 2.24) is 10.3 Å². The van der Waals surface area contributed by atoms with Crippen LogP contribution in [0.4, 0.5) is 0 Å². The number of hydrogen-bond donors (Lipinski definition) is 2. The Kier molecular flexibility index (Phi) is 5.22. The molecule has 0 atom stereocenters. The molecule has 0 aliphatic rings. The van der Waals surface area contributed by atoms with Crippen LogP contribution in [-0.2, 0) is 6.42 Å². The molecule has 4 heteroatoms. The highest BCUT2D eigenvalue weighted by molar-refractivity contribution is 5.77. The van der Waals surface area contributed by atoms with Crippen LogP contribution in [0, 0.1) is 0 Å². The number of nitrogens with two attached hydrogens (primary N) is 1. The summed E-state index contributed by atoms with van der Waals surface area (Å²) in [6, 6.07) is 4.00. The van der Waals surface area contributed by atoms with Crippen LogP contribution in [0.25, 0.3) is 0 Å². The third-order valence-electron chi connectivity index (χ3n) is 1.97. The van der Waals surface area contributed by atoms with E-state index in [1.807, 2.05) is 12.1 Å². The molecule has 4 nitrogen and oxygen atoms in total. The number of rotatable bonds is 5. The lowest BCUT2D eigenvalue weighted by molar-refractivity contribution is 0.838. The van der Waals surface area contributed by atoms with Gasteiger partial charge in [-0.25, -0.2) is 0 Å². The van der Waals surface area contributed by atoms with E-state index >= 15 is 0 Å². The predicted octanol–water partition coefficient (Wildman–Crippen LogP) is 0.938. The Morgan fingerprint density at radius 1 is 1.47 bits per heavy atom. The fraction of sp³-hybridized carbons (Fsp3) is 0.455. The fourth-order valence-corrected chi connectivity index (χ4v) is 1.17. The molecule has 0 amide bonds. The Bertz CT molecular complexity index is 295. The van der Waals surface area contributed by atoms with Crippen LogP contribution in [0.5, 0.6) is 0 Å². The highest BCUT2D eigenvalue weighted by atomic mass is 15.1. The summed E-state index contributed by atoms with van der Waals surface area (Å²) in [4.78, 5) is 8.11. The topological polar surface area (TPSA) is 63.3 Å². The normalized spacial score (nSPS) is 11.4. The average molecular weight is 206 g/mol. The van der Waals surface area contributed by atoms with Gasteiger partial charge in [-0.15, -0.1) is 0 Å². The smallest absolute Gasteiger partial charge is 0.188 e. The fourth-order valence-electron chi connectivity index (χ4n) is 1.17. The molecule has 0 unspecified atom stereocenters. The second-order valence-electron chi connectivity index (χ2n) is 3.30. The van der Waals surface area contributed by atoms with Crippen LogP contribution in [-0.4, -0.2) is 24.0 Å². The van der Waals surface area contributed by atoms with E-state index in [0.29, 0.717) is 5.96 Å². The first-order valence-corrected chi connectivity index (χ1v) is 5.25. The SMILES string of the molecule is CCCN=C(N)NCCc1ccncc1. The Hall–Kier alpha value is -1.58. The summed E-state index contributed by atoms with van der Waals surface area (Å²) < 4.78 is 0. The molecular formula is C11H18N4. The van der Waals surface area contributed by atoms with Gasteiger partial charge in [0.25, 0.3) is 0 Å². The zero-order valence-corrected chi connectivity index (χ0v) is 9.11. The maximum absolute atomic E-state index is 5.65. The molecule has 1 aromatic rings. The second-order valence-corrected chi connectivity index (χ2v) is 3.30. The van der Waals surface area contributed by atoms with Crippen molar-refractivity contribution < 1.29 is 0 Å². The van der Waals surface area contributed by atoms with Crippen molar-refractivity contribution in [2.24, 2.45) is 10.7 Å². The van der Waals surface area contributed by atoms with Gasteiger partial charge >= 0.3 is 0 Å². The lowest BCUT2D eigenvalue weighted by Crippen LogP contribution is -2.33. The summed E-state index contributed by atoms with van der Waals surface area (Å²) in [5.41, 5.74) is 6.90. The van der Waals surface area contributed by atoms with Gasteiger partial charge < -0.3 is 11.1 Å². The zero-order chi connectivity index (χ0) is 10.9. The minimum atomic E-state index is 0.533. The van der Waals surface area contributed by atoms with Gasteiger partial charge in [-0.05, 0) is 30.5 Å². The van der Waals surface area contributed by atoms with Crippen molar-refractivity contribution in [3.05, 3.63) is 30.1 Å². The van der Waals surface area contributed by atoms with Crippen molar-refractivity contribution >= 4 is 5.96 Å². The molecule has 0 aliphatic carbocycles. The van der Waals surface area contributed by atoms with E-state index in [1.54, 1.807) is 12.4 Å². The summed E-state index contributed by atoms with van der Waals surface area (Å²) in [5, 5.41) is 3.07. The van der Waals surface area contributed by atoms with Crippen LogP contribution in [0.3, 0.4) is 0 Å². The summed E-state index contributed by atoms with van der Waals surface area (Å²) in [5.74, 6) is 0.533. The lowest BCUT2D eigenvalue weighted by atomic mass is 10.2. The number of guanidine groups is 1. The first kappa shape index (κ1) is 11.5. The summed E-state index contributed by atoms with van der Waals surface area (Å²) in [7, 11) is 0. The van der Waals surface area contributed by atoms with E-state index in [2.05, 4.69) is 22.2 Å². The Balaban J connectivity index is 2.22. The molecular weight excluding hydrogens is 188 g/mol. The van der Waals surface area contributed by atoms with Gasteiger partial charge in [0.2, 0.25) is 0 Å². The third-order valence-corrected chi connectivity index (χ3v) is 1.97.